The summed E-state index contributed by atoms with van der Waals surface area (Å²) in [4.78, 5) is 27.1. The first-order valence-corrected chi connectivity index (χ1v) is 11.2. The van der Waals surface area contributed by atoms with Gasteiger partial charge in [0.25, 0.3) is 5.92 Å². The Labute approximate surface area is 204 Å². The number of nitrogens with zero attached hydrogens (tertiary/aromatic N) is 8. The van der Waals surface area contributed by atoms with Gasteiger partial charge in [-0.25, -0.2) is 18.4 Å². The number of halogens is 2. The first kappa shape index (κ1) is 23.5. The Morgan fingerprint density at radius 3 is 2.69 bits per heavy atom. The second kappa shape index (κ2) is 9.11. The van der Waals surface area contributed by atoms with Crippen LogP contribution in [-0.2, 0) is 18.9 Å². The number of carbonyl (C=O) groups excluding carboxylic acids is 1. The number of fused-ring (bicyclic) bond motifs is 1. The molecular weight excluding hydrogens is 472 g/mol. The Balaban J connectivity index is 1.31. The lowest BCUT2D eigenvalue weighted by Crippen LogP contribution is -2.33. The summed E-state index contributed by atoms with van der Waals surface area (Å²) >= 11 is 0. The molecule has 0 atom stereocenters. The summed E-state index contributed by atoms with van der Waals surface area (Å²) in [5.41, 5.74) is 3.12. The third-order valence-electron chi connectivity index (χ3n) is 5.78. The van der Waals surface area contributed by atoms with Crippen molar-refractivity contribution in [3.05, 3.63) is 36.5 Å². The van der Waals surface area contributed by atoms with Crippen LogP contribution >= 0.6 is 0 Å². The maximum absolute atomic E-state index is 13.4. The molecule has 5 rings (SSSR count). The van der Waals surface area contributed by atoms with E-state index in [0.29, 0.717) is 39.9 Å². The van der Waals surface area contributed by atoms with Crippen LogP contribution in [0.3, 0.4) is 0 Å². The number of anilines is 5. The van der Waals surface area contributed by atoms with Crippen molar-refractivity contribution in [1.82, 2.24) is 39.4 Å². The van der Waals surface area contributed by atoms with E-state index in [9.17, 15) is 13.6 Å². The number of hydrogen-bond donors (Lipinski definition) is 3. The Bertz CT molecular complexity index is 1430. The molecule has 0 aromatic carbocycles. The van der Waals surface area contributed by atoms with E-state index in [4.69, 9.17) is 0 Å². The van der Waals surface area contributed by atoms with Gasteiger partial charge in [0, 0.05) is 39.5 Å². The van der Waals surface area contributed by atoms with Gasteiger partial charge in [-0.15, -0.1) is 0 Å². The van der Waals surface area contributed by atoms with Gasteiger partial charge in [-0.2, -0.15) is 15.2 Å². The molecular formula is C22H25F2N11O. The normalized spacial score (nSPS) is 15.4. The molecule has 0 aliphatic carbocycles. The predicted molar refractivity (Wildman–Crippen MR) is 130 cm³/mol. The highest BCUT2D eigenvalue weighted by atomic mass is 19.3. The Hall–Kier alpha value is -4.20. The van der Waals surface area contributed by atoms with Crippen molar-refractivity contribution in [3.63, 3.8) is 0 Å². The molecule has 4 aromatic heterocycles. The maximum Gasteiger partial charge on any atom is 0.261 e. The molecule has 0 bridgehead atoms. The number of nitrogens with one attached hydrogen (secondary N) is 3. The molecule has 0 saturated carbocycles. The van der Waals surface area contributed by atoms with Crippen LogP contribution in [0.1, 0.15) is 12.1 Å². The van der Waals surface area contributed by atoms with Crippen LogP contribution in [0.25, 0.3) is 11.0 Å². The molecule has 36 heavy (non-hydrogen) atoms. The van der Waals surface area contributed by atoms with E-state index in [1.807, 2.05) is 20.2 Å². The third kappa shape index (κ3) is 5.07. The van der Waals surface area contributed by atoms with Crippen LogP contribution in [0.5, 0.6) is 0 Å². The summed E-state index contributed by atoms with van der Waals surface area (Å²) in [7, 11) is 3.60. The van der Waals surface area contributed by atoms with Gasteiger partial charge in [0.05, 0.1) is 53.6 Å². The lowest BCUT2D eigenvalue weighted by atomic mass is 10.2. The zero-order valence-corrected chi connectivity index (χ0v) is 20.0. The highest BCUT2D eigenvalue weighted by Crippen LogP contribution is 2.28. The second-order valence-corrected chi connectivity index (χ2v) is 8.78. The summed E-state index contributed by atoms with van der Waals surface area (Å²) in [6.07, 6.45) is 6.43. The van der Waals surface area contributed by atoms with Crippen molar-refractivity contribution in [2.24, 2.45) is 14.1 Å². The number of likely N-dealkylation sites (tertiary alicyclic amines) is 1. The van der Waals surface area contributed by atoms with Crippen LogP contribution in [0.15, 0.2) is 30.9 Å². The molecule has 12 nitrogen and oxygen atoms in total. The monoisotopic (exact) mass is 497 g/mol. The van der Waals surface area contributed by atoms with E-state index in [1.54, 1.807) is 34.9 Å². The third-order valence-corrected chi connectivity index (χ3v) is 5.78. The fraction of sp³-hybridized carbons (Fsp3) is 0.364. The number of rotatable bonds is 7. The standard InChI is InChI=1S/C22H25F2N11O/c1-13-17(6-14(7-25-13)28-18(36)11-35-5-4-22(23,24)12-35)30-19-16-9-26-21(31-20(16)34(3)32-19)29-15-8-27-33(2)10-15/h6-10H,4-5,11-12H2,1-3H3,(H,28,36)(H,30,32)(H,26,29,31). The predicted octanol–water partition coefficient (Wildman–Crippen LogP) is 2.57. The summed E-state index contributed by atoms with van der Waals surface area (Å²) < 4.78 is 30.1. The van der Waals surface area contributed by atoms with Crippen molar-refractivity contribution in [1.29, 1.82) is 0 Å². The first-order chi connectivity index (χ1) is 17.1. The van der Waals surface area contributed by atoms with E-state index >= 15 is 0 Å². The number of carbonyl (C=O) groups is 1. The SMILES string of the molecule is Cc1ncc(NC(=O)CN2CCC(F)(F)C2)cc1Nc1nn(C)c2nc(Nc3cnn(C)c3)ncc12. The average Bonchev–Trinajstić information content (AvgIpc) is 3.47. The number of aryl methyl sites for hydroxylation is 3. The number of pyridine rings is 1. The summed E-state index contributed by atoms with van der Waals surface area (Å²) in [6, 6.07) is 1.72. The van der Waals surface area contributed by atoms with E-state index in [-0.39, 0.29) is 25.4 Å². The van der Waals surface area contributed by atoms with Gasteiger partial charge >= 0.3 is 0 Å². The molecule has 1 amide bonds. The fourth-order valence-corrected chi connectivity index (χ4v) is 4.01. The molecule has 1 fully saturated rings. The lowest BCUT2D eigenvalue weighted by Gasteiger charge is -2.15. The number of aromatic nitrogens is 7. The first-order valence-electron chi connectivity index (χ1n) is 11.2. The quantitative estimate of drug-likeness (QED) is 0.353. The summed E-state index contributed by atoms with van der Waals surface area (Å²) in [6.45, 7) is 1.49. The van der Waals surface area contributed by atoms with Gasteiger partial charge in [0.1, 0.15) is 0 Å². The zero-order valence-electron chi connectivity index (χ0n) is 20.0. The van der Waals surface area contributed by atoms with Crippen molar-refractivity contribution < 1.29 is 13.6 Å². The lowest BCUT2D eigenvalue weighted by molar-refractivity contribution is -0.117. The van der Waals surface area contributed by atoms with Crippen molar-refractivity contribution in [2.45, 2.75) is 19.3 Å². The maximum atomic E-state index is 13.4. The van der Waals surface area contributed by atoms with Gasteiger partial charge in [-0.3, -0.25) is 19.4 Å². The van der Waals surface area contributed by atoms with E-state index in [1.165, 1.54) is 11.1 Å². The largest absolute Gasteiger partial charge is 0.337 e. The Kier molecular flexibility index (Phi) is 5.96. The number of alkyl halides is 2. The zero-order chi connectivity index (χ0) is 25.4. The van der Waals surface area contributed by atoms with Crippen LogP contribution in [-0.4, -0.2) is 70.9 Å². The molecule has 4 aromatic rings. The van der Waals surface area contributed by atoms with Gasteiger partial charge in [-0.05, 0) is 13.0 Å². The summed E-state index contributed by atoms with van der Waals surface area (Å²) in [5.74, 6) is -2.20. The van der Waals surface area contributed by atoms with Crippen LogP contribution in [0, 0.1) is 6.92 Å². The fourth-order valence-electron chi connectivity index (χ4n) is 4.01. The molecule has 14 heteroatoms. The van der Waals surface area contributed by atoms with Gasteiger partial charge < -0.3 is 16.0 Å². The molecule has 1 saturated heterocycles. The van der Waals surface area contributed by atoms with Crippen molar-refractivity contribution >= 4 is 45.8 Å². The Morgan fingerprint density at radius 2 is 1.97 bits per heavy atom. The second-order valence-electron chi connectivity index (χ2n) is 8.78. The molecule has 1 aliphatic rings. The number of amides is 1. The summed E-state index contributed by atoms with van der Waals surface area (Å²) in [5, 5.41) is 18.4. The van der Waals surface area contributed by atoms with Gasteiger partial charge in [-0.1, -0.05) is 0 Å². The minimum atomic E-state index is -2.74. The van der Waals surface area contributed by atoms with Crippen molar-refractivity contribution in [2.75, 3.05) is 35.6 Å². The molecule has 3 N–H and O–H groups in total. The molecule has 0 radical (unpaired) electrons. The topological polar surface area (TPSA) is 131 Å². The average molecular weight is 498 g/mol. The van der Waals surface area contributed by atoms with E-state index < -0.39 is 12.5 Å². The van der Waals surface area contributed by atoms with Crippen LogP contribution in [0.4, 0.5) is 37.6 Å². The molecule has 0 spiro atoms. The Morgan fingerprint density at radius 1 is 1.14 bits per heavy atom. The molecule has 0 unspecified atom stereocenters. The van der Waals surface area contributed by atoms with Crippen molar-refractivity contribution in [3.8, 4) is 0 Å². The highest BCUT2D eigenvalue weighted by molar-refractivity contribution is 5.93. The van der Waals surface area contributed by atoms with Crippen LogP contribution < -0.4 is 16.0 Å². The van der Waals surface area contributed by atoms with Gasteiger partial charge in [0.15, 0.2) is 11.5 Å². The highest BCUT2D eigenvalue weighted by Gasteiger charge is 2.38. The smallest absolute Gasteiger partial charge is 0.261 e. The molecule has 188 valence electrons. The van der Waals surface area contributed by atoms with Gasteiger partial charge in [0.2, 0.25) is 11.9 Å². The minimum absolute atomic E-state index is 0.107. The van der Waals surface area contributed by atoms with E-state index in [0.717, 1.165) is 5.69 Å². The van der Waals surface area contributed by atoms with E-state index in [2.05, 4.69) is 41.1 Å². The minimum Gasteiger partial charge on any atom is -0.337 e. The molecule has 5 heterocycles. The van der Waals surface area contributed by atoms with Crippen LogP contribution in [0.2, 0.25) is 0 Å². The number of hydrogen-bond acceptors (Lipinski definition) is 9. The molecule has 1 aliphatic heterocycles.